The van der Waals surface area contributed by atoms with Crippen molar-refractivity contribution >= 4 is 27.8 Å². The van der Waals surface area contributed by atoms with Crippen LogP contribution in [0.4, 0.5) is 0 Å². The second kappa shape index (κ2) is 6.37. The highest BCUT2D eigenvalue weighted by atomic mass is 79.9. The van der Waals surface area contributed by atoms with Gasteiger partial charge in [0, 0.05) is 25.3 Å². The third-order valence-electron chi connectivity index (χ3n) is 4.05. The van der Waals surface area contributed by atoms with Gasteiger partial charge in [0.25, 0.3) is 5.91 Å². The summed E-state index contributed by atoms with van der Waals surface area (Å²) in [5, 5.41) is 9.05. The van der Waals surface area contributed by atoms with Gasteiger partial charge in [0.05, 0.1) is 17.0 Å². The lowest BCUT2D eigenvalue weighted by Crippen LogP contribution is -2.37. The number of ether oxygens (including phenoxy) is 3. The first-order valence-electron chi connectivity index (χ1n) is 7.14. The minimum absolute atomic E-state index is 0.0999. The number of benzene rings is 1. The molecule has 2 atom stereocenters. The molecular formula is C15H16BrNO6. The second-order valence-corrected chi connectivity index (χ2v) is 6.35. The van der Waals surface area contributed by atoms with E-state index in [1.807, 2.05) is 0 Å². The number of hydrogen-bond acceptors (Lipinski definition) is 5. The Morgan fingerprint density at radius 2 is 2.22 bits per heavy atom. The first-order valence-corrected chi connectivity index (χ1v) is 7.93. The Balaban J connectivity index is 1.86. The summed E-state index contributed by atoms with van der Waals surface area (Å²) in [6, 6.07) is 2.90. The first kappa shape index (κ1) is 16.1. The van der Waals surface area contributed by atoms with E-state index in [1.54, 1.807) is 24.1 Å². The molecule has 2 aliphatic heterocycles. The highest BCUT2D eigenvalue weighted by Crippen LogP contribution is 2.40. The van der Waals surface area contributed by atoms with E-state index in [0.717, 1.165) is 0 Å². The Kier molecular flexibility index (Phi) is 4.45. The fraction of sp³-hybridized carbons (Fsp3) is 0.467. The Bertz CT molecular complexity index is 649. The Morgan fingerprint density at radius 1 is 1.43 bits per heavy atom. The van der Waals surface area contributed by atoms with Crippen molar-refractivity contribution in [3.05, 3.63) is 22.2 Å². The molecule has 2 unspecified atom stereocenters. The highest BCUT2D eigenvalue weighted by molar-refractivity contribution is 9.10. The van der Waals surface area contributed by atoms with Gasteiger partial charge in [0.2, 0.25) is 6.79 Å². The summed E-state index contributed by atoms with van der Waals surface area (Å²) < 4.78 is 16.6. The van der Waals surface area contributed by atoms with Crippen molar-refractivity contribution in [1.29, 1.82) is 0 Å². The number of hydrogen-bond donors (Lipinski definition) is 1. The third-order valence-corrected chi connectivity index (χ3v) is 4.64. The van der Waals surface area contributed by atoms with Gasteiger partial charge in [0.1, 0.15) is 0 Å². The molecule has 1 aromatic carbocycles. The van der Waals surface area contributed by atoms with Gasteiger partial charge in [-0.05, 0) is 34.5 Å². The fourth-order valence-electron chi connectivity index (χ4n) is 2.94. The fourth-order valence-corrected chi connectivity index (χ4v) is 3.50. The molecule has 1 amide bonds. The monoisotopic (exact) mass is 385 g/mol. The molecule has 124 valence electrons. The summed E-state index contributed by atoms with van der Waals surface area (Å²) >= 11 is 3.36. The predicted molar refractivity (Wildman–Crippen MR) is 82.8 cm³/mol. The van der Waals surface area contributed by atoms with Crippen LogP contribution in [0.25, 0.3) is 0 Å². The first-order chi connectivity index (χ1) is 11.0. The molecule has 1 aromatic rings. The van der Waals surface area contributed by atoms with Crippen LogP contribution in [0.3, 0.4) is 0 Å². The van der Waals surface area contributed by atoms with Crippen molar-refractivity contribution in [2.75, 3.05) is 20.4 Å². The van der Waals surface area contributed by atoms with Crippen molar-refractivity contribution in [2.24, 2.45) is 0 Å². The molecule has 1 fully saturated rings. The molecule has 8 heteroatoms. The van der Waals surface area contributed by atoms with Crippen molar-refractivity contribution in [3.63, 3.8) is 0 Å². The summed E-state index contributed by atoms with van der Waals surface area (Å²) in [7, 11) is 1.56. The van der Waals surface area contributed by atoms with Crippen molar-refractivity contribution in [3.8, 4) is 11.5 Å². The number of carboxylic acids is 1. The number of methoxy groups -OCH3 is 1. The molecule has 3 rings (SSSR count). The summed E-state index contributed by atoms with van der Waals surface area (Å²) in [4.78, 5) is 25.4. The number of carboxylic acid groups (broad SMARTS) is 1. The van der Waals surface area contributed by atoms with Crippen molar-refractivity contribution < 1.29 is 28.9 Å². The molecule has 0 aliphatic carbocycles. The van der Waals surface area contributed by atoms with Crippen molar-refractivity contribution in [2.45, 2.75) is 25.0 Å². The number of halogens is 1. The molecule has 1 N–H and O–H groups in total. The number of carbonyl (C=O) groups excluding carboxylic acids is 1. The average Bonchev–Trinajstić information content (AvgIpc) is 3.12. The van der Waals surface area contributed by atoms with Crippen LogP contribution in [0.1, 0.15) is 23.2 Å². The molecule has 7 nitrogen and oxygen atoms in total. The maximum atomic E-state index is 12.8. The summed E-state index contributed by atoms with van der Waals surface area (Å²) in [5.74, 6) is -0.106. The molecule has 0 aromatic heterocycles. The topological polar surface area (TPSA) is 85.3 Å². The third kappa shape index (κ3) is 3.13. The van der Waals surface area contributed by atoms with E-state index in [2.05, 4.69) is 15.9 Å². The second-order valence-electron chi connectivity index (χ2n) is 5.49. The van der Waals surface area contributed by atoms with Gasteiger partial charge in [-0.1, -0.05) is 0 Å². The Labute approximate surface area is 141 Å². The quantitative estimate of drug-likeness (QED) is 0.851. The van der Waals surface area contributed by atoms with Crippen LogP contribution in [0.2, 0.25) is 0 Å². The standard InChI is InChI=1S/C15H16BrNO6/c1-21-10-4-9(5-13(18)19)17(6-10)15(20)8-2-11(16)14-12(3-8)22-7-23-14/h2-3,9-10H,4-7H2,1H3,(H,18,19). The lowest BCUT2D eigenvalue weighted by Gasteiger charge is -2.23. The number of aliphatic carboxylic acids is 1. The SMILES string of the molecule is COC1CC(CC(=O)O)N(C(=O)c2cc(Br)c3c(c2)OCO3)C1. The molecule has 0 spiro atoms. The molecule has 2 aliphatic rings. The molecule has 0 bridgehead atoms. The molecule has 1 saturated heterocycles. The number of likely N-dealkylation sites (tertiary alicyclic amines) is 1. The van der Waals surface area contributed by atoms with Gasteiger partial charge in [-0.25, -0.2) is 0 Å². The molecule has 2 heterocycles. The van der Waals surface area contributed by atoms with Gasteiger partial charge in [-0.15, -0.1) is 0 Å². The van der Waals surface area contributed by atoms with Crippen LogP contribution in [0.5, 0.6) is 11.5 Å². The Hall–Kier alpha value is -1.80. The van der Waals surface area contributed by atoms with E-state index in [4.69, 9.17) is 19.3 Å². The highest BCUT2D eigenvalue weighted by Gasteiger charge is 2.37. The van der Waals surface area contributed by atoms with Crippen LogP contribution < -0.4 is 9.47 Å². The van der Waals surface area contributed by atoms with Crippen LogP contribution in [-0.4, -0.2) is 54.5 Å². The number of amides is 1. The van der Waals surface area contributed by atoms with Crippen LogP contribution in [0.15, 0.2) is 16.6 Å². The lowest BCUT2D eigenvalue weighted by atomic mass is 10.1. The van der Waals surface area contributed by atoms with E-state index in [-0.39, 0.29) is 31.3 Å². The van der Waals surface area contributed by atoms with E-state index < -0.39 is 5.97 Å². The van der Waals surface area contributed by atoms with E-state index in [1.165, 1.54) is 0 Å². The van der Waals surface area contributed by atoms with Gasteiger partial charge < -0.3 is 24.2 Å². The van der Waals surface area contributed by atoms with E-state index >= 15 is 0 Å². The van der Waals surface area contributed by atoms with Crippen LogP contribution in [0, 0.1) is 0 Å². The normalized spacial score (nSPS) is 22.4. The number of rotatable bonds is 4. The summed E-state index contributed by atoms with van der Waals surface area (Å²) in [6.45, 7) is 0.488. The Morgan fingerprint density at radius 3 is 2.91 bits per heavy atom. The zero-order chi connectivity index (χ0) is 16.6. The van der Waals surface area contributed by atoms with Crippen LogP contribution >= 0.6 is 15.9 Å². The summed E-state index contributed by atoms with van der Waals surface area (Å²) in [5.41, 5.74) is 0.424. The van der Waals surface area contributed by atoms with E-state index in [9.17, 15) is 9.59 Å². The van der Waals surface area contributed by atoms with Gasteiger partial charge in [-0.2, -0.15) is 0 Å². The smallest absolute Gasteiger partial charge is 0.305 e. The van der Waals surface area contributed by atoms with E-state index in [0.29, 0.717) is 34.5 Å². The zero-order valence-electron chi connectivity index (χ0n) is 12.5. The zero-order valence-corrected chi connectivity index (χ0v) is 14.0. The molecule has 0 radical (unpaired) electrons. The van der Waals surface area contributed by atoms with Crippen molar-refractivity contribution in [1.82, 2.24) is 4.90 Å². The van der Waals surface area contributed by atoms with Gasteiger partial charge in [-0.3, -0.25) is 9.59 Å². The average molecular weight is 386 g/mol. The maximum Gasteiger partial charge on any atom is 0.305 e. The minimum Gasteiger partial charge on any atom is -0.481 e. The largest absolute Gasteiger partial charge is 0.481 e. The molecule has 23 heavy (non-hydrogen) atoms. The predicted octanol–water partition coefficient (Wildman–Crippen LogP) is 1.88. The summed E-state index contributed by atoms with van der Waals surface area (Å²) in [6.07, 6.45) is 0.262. The van der Waals surface area contributed by atoms with Gasteiger partial charge in [0.15, 0.2) is 11.5 Å². The minimum atomic E-state index is -0.934. The maximum absolute atomic E-state index is 12.8. The lowest BCUT2D eigenvalue weighted by molar-refractivity contribution is -0.137. The molecule has 0 saturated carbocycles. The number of carbonyl (C=O) groups is 2. The van der Waals surface area contributed by atoms with Gasteiger partial charge >= 0.3 is 5.97 Å². The number of nitrogens with zero attached hydrogens (tertiary/aromatic N) is 1. The van der Waals surface area contributed by atoms with Crippen LogP contribution in [-0.2, 0) is 9.53 Å². The number of fused-ring (bicyclic) bond motifs is 1. The molecular weight excluding hydrogens is 370 g/mol.